The van der Waals surface area contributed by atoms with Crippen LogP contribution in [0.5, 0.6) is 5.88 Å². The van der Waals surface area contributed by atoms with Crippen molar-refractivity contribution in [3.63, 3.8) is 0 Å². The predicted octanol–water partition coefficient (Wildman–Crippen LogP) is 1.54. The summed E-state index contributed by atoms with van der Waals surface area (Å²) in [6.45, 7) is 2.06. The summed E-state index contributed by atoms with van der Waals surface area (Å²) < 4.78 is 6.91. The van der Waals surface area contributed by atoms with E-state index in [0.717, 1.165) is 17.0 Å². The van der Waals surface area contributed by atoms with Gasteiger partial charge in [-0.1, -0.05) is 30.6 Å². The van der Waals surface area contributed by atoms with E-state index < -0.39 is 0 Å². The summed E-state index contributed by atoms with van der Waals surface area (Å²) in [5, 5.41) is 12.9. The molecule has 0 bridgehead atoms. The van der Waals surface area contributed by atoms with Crippen molar-refractivity contribution in [1.82, 2.24) is 29.8 Å². The quantitative estimate of drug-likeness (QED) is 0.524. The summed E-state index contributed by atoms with van der Waals surface area (Å²) in [4.78, 5) is 8.57. The number of ether oxygens (including phenoxy) is 1. The van der Waals surface area contributed by atoms with Crippen LogP contribution >= 0.6 is 0 Å². The van der Waals surface area contributed by atoms with Gasteiger partial charge in [-0.15, -0.1) is 15.3 Å². The molecule has 0 aliphatic heterocycles. The summed E-state index contributed by atoms with van der Waals surface area (Å²) in [6.07, 6.45) is 3.20. The fraction of sp³-hybridized carbons (Fsp3) is 0.167. The molecular formula is C18H15BN6O. The molecule has 0 amide bonds. The third-order valence-electron chi connectivity index (χ3n) is 4.18. The monoisotopic (exact) mass is 342 g/mol. The predicted molar refractivity (Wildman–Crippen MR) is 97.7 cm³/mol. The Morgan fingerprint density at radius 1 is 1.08 bits per heavy atom. The molecule has 1 unspecified atom stereocenters. The molecule has 1 atom stereocenters. The second-order valence-corrected chi connectivity index (χ2v) is 5.89. The minimum Gasteiger partial charge on any atom is -0.480 e. The highest BCUT2D eigenvalue weighted by Gasteiger charge is 2.18. The van der Waals surface area contributed by atoms with Gasteiger partial charge in [0.05, 0.1) is 7.11 Å². The molecule has 0 saturated heterocycles. The van der Waals surface area contributed by atoms with Crippen LogP contribution in [-0.2, 0) is 0 Å². The fourth-order valence-electron chi connectivity index (χ4n) is 2.75. The van der Waals surface area contributed by atoms with E-state index in [2.05, 4.69) is 32.2 Å². The van der Waals surface area contributed by atoms with Gasteiger partial charge in [0.15, 0.2) is 17.3 Å². The SMILES string of the molecule is [B]c1cnc(-c2cccc(C(C)c3nnc4ccc(OC)nn34)c2)nc1. The van der Waals surface area contributed by atoms with E-state index >= 15 is 0 Å². The molecule has 0 aliphatic rings. The molecule has 7 nitrogen and oxygen atoms in total. The van der Waals surface area contributed by atoms with Crippen LogP contribution in [0, 0.1) is 0 Å². The van der Waals surface area contributed by atoms with Gasteiger partial charge in [-0.3, -0.25) is 0 Å². The zero-order valence-electron chi connectivity index (χ0n) is 14.4. The molecule has 0 N–H and O–H groups in total. The van der Waals surface area contributed by atoms with Crippen molar-refractivity contribution in [2.45, 2.75) is 12.8 Å². The normalized spacial score (nSPS) is 12.2. The van der Waals surface area contributed by atoms with E-state index in [9.17, 15) is 0 Å². The molecule has 0 aliphatic carbocycles. The third kappa shape index (κ3) is 2.90. The Bertz CT molecular complexity index is 1060. The first-order valence-electron chi connectivity index (χ1n) is 8.10. The van der Waals surface area contributed by atoms with Gasteiger partial charge >= 0.3 is 0 Å². The standard InChI is InChI=1S/C18H15BN6O/c1-11(18-23-22-15-6-7-16(26-2)24-25(15)18)12-4-3-5-13(8-12)17-20-9-14(19)10-21-17/h3-11H,1-2H3. The zero-order valence-corrected chi connectivity index (χ0v) is 14.4. The van der Waals surface area contributed by atoms with E-state index in [1.165, 1.54) is 0 Å². The van der Waals surface area contributed by atoms with Gasteiger partial charge in [-0.25, -0.2) is 9.97 Å². The van der Waals surface area contributed by atoms with Crippen molar-refractivity contribution < 1.29 is 4.74 Å². The highest BCUT2D eigenvalue weighted by atomic mass is 16.5. The van der Waals surface area contributed by atoms with E-state index in [0.29, 0.717) is 22.8 Å². The molecule has 3 heterocycles. The van der Waals surface area contributed by atoms with Crippen LogP contribution in [-0.4, -0.2) is 44.7 Å². The van der Waals surface area contributed by atoms with Crippen molar-refractivity contribution in [2.75, 3.05) is 7.11 Å². The van der Waals surface area contributed by atoms with Crippen molar-refractivity contribution >= 4 is 19.0 Å². The smallest absolute Gasteiger partial charge is 0.231 e. The van der Waals surface area contributed by atoms with Crippen LogP contribution in [0.2, 0.25) is 0 Å². The first kappa shape index (κ1) is 16.2. The number of methoxy groups -OCH3 is 1. The van der Waals surface area contributed by atoms with Gasteiger partial charge in [0.2, 0.25) is 5.88 Å². The van der Waals surface area contributed by atoms with Crippen LogP contribution < -0.4 is 10.2 Å². The van der Waals surface area contributed by atoms with Crippen molar-refractivity contribution in [2.24, 2.45) is 0 Å². The van der Waals surface area contributed by atoms with Gasteiger partial charge in [-0.2, -0.15) is 4.52 Å². The molecule has 4 aromatic rings. The maximum atomic E-state index is 5.66. The number of hydrogen-bond donors (Lipinski definition) is 0. The lowest BCUT2D eigenvalue weighted by Gasteiger charge is -2.11. The van der Waals surface area contributed by atoms with E-state index in [4.69, 9.17) is 12.6 Å². The Hall–Kier alpha value is -3.29. The summed E-state index contributed by atoms with van der Waals surface area (Å²) >= 11 is 0. The molecule has 0 spiro atoms. The molecule has 0 fully saturated rings. The van der Waals surface area contributed by atoms with E-state index in [-0.39, 0.29) is 5.92 Å². The summed E-state index contributed by atoms with van der Waals surface area (Å²) in [5.74, 6) is 1.83. The molecule has 1 aromatic carbocycles. The maximum absolute atomic E-state index is 5.66. The van der Waals surface area contributed by atoms with Gasteiger partial charge in [0, 0.05) is 29.9 Å². The van der Waals surface area contributed by atoms with Gasteiger partial charge in [0.1, 0.15) is 7.85 Å². The number of fused-ring (bicyclic) bond motifs is 1. The van der Waals surface area contributed by atoms with Crippen molar-refractivity contribution in [3.8, 4) is 17.3 Å². The second kappa shape index (κ2) is 6.55. The van der Waals surface area contributed by atoms with Crippen molar-refractivity contribution in [1.29, 1.82) is 0 Å². The second-order valence-electron chi connectivity index (χ2n) is 5.89. The van der Waals surface area contributed by atoms with Gasteiger partial charge in [-0.05, 0) is 17.7 Å². The number of hydrogen-bond acceptors (Lipinski definition) is 6. The molecule has 0 saturated carbocycles. The lowest BCUT2D eigenvalue weighted by Crippen LogP contribution is -2.07. The molecule has 8 heteroatoms. The summed E-state index contributed by atoms with van der Waals surface area (Å²) in [7, 11) is 7.24. The van der Waals surface area contributed by atoms with Crippen LogP contribution in [0.3, 0.4) is 0 Å². The lowest BCUT2D eigenvalue weighted by atomic mass is 9.97. The van der Waals surface area contributed by atoms with Crippen LogP contribution in [0.25, 0.3) is 17.0 Å². The Kier molecular flexibility index (Phi) is 4.08. The first-order valence-corrected chi connectivity index (χ1v) is 8.10. The van der Waals surface area contributed by atoms with E-state index in [1.807, 2.05) is 30.3 Å². The maximum Gasteiger partial charge on any atom is 0.231 e. The molecule has 3 aromatic heterocycles. The molecule has 2 radical (unpaired) electrons. The first-order chi connectivity index (χ1) is 12.7. The lowest BCUT2D eigenvalue weighted by molar-refractivity contribution is 0.389. The minimum absolute atomic E-state index is 0.0293. The van der Waals surface area contributed by atoms with Crippen LogP contribution in [0.1, 0.15) is 24.2 Å². The average molecular weight is 342 g/mol. The van der Waals surface area contributed by atoms with Gasteiger partial charge < -0.3 is 4.74 Å². The molecule has 26 heavy (non-hydrogen) atoms. The zero-order chi connectivity index (χ0) is 18.1. The Morgan fingerprint density at radius 2 is 1.88 bits per heavy atom. The highest BCUT2D eigenvalue weighted by Crippen LogP contribution is 2.26. The van der Waals surface area contributed by atoms with Gasteiger partial charge in [0.25, 0.3) is 0 Å². The summed E-state index contributed by atoms with van der Waals surface area (Å²) in [5.41, 5.74) is 3.18. The summed E-state index contributed by atoms with van der Waals surface area (Å²) in [6, 6.07) is 11.6. The van der Waals surface area contributed by atoms with Crippen molar-refractivity contribution in [3.05, 3.63) is 60.2 Å². The Labute approximate surface area is 151 Å². The topological polar surface area (TPSA) is 78.1 Å². The fourth-order valence-corrected chi connectivity index (χ4v) is 2.75. The van der Waals surface area contributed by atoms with Crippen LogP contribution in [0.4, 0.5) is 0 Å². The largest absolute Gasteiger partial charge is 0.480 e. The molecular weight excluding hydrogens is 327 g/mol. The number of benzene rings is 1. The molecule has 4 rings (SSSR count). The highest BCUT2D eigenvalue weighted by molar-refractivity contribution is 6.31. The molecule has 126 valence electrons. The average Bonchev–Trinajstić information content (AvgIpc) is 3.11. The minimum atomic E-state index is -0.0293. The number of rotatable bonds is 4. The third-order valence-corrected chi connectivity index (χ3v) is 4.18. The van der Waals surface area contributed by atoms with Crippen LogP contribution in [0.15, 0.2) is 48.8 Å². The number of nitrogens with zero attached hydrogens (tertiary/aromatic N) is 6. The Morgan fingerprint density at radius 3 is 2.65 bits per heavy atom. The van der Waals surface area contributed by atoms with E-state index in [1.54, 1.807) is 30.1 Å². The number of aromatic nitrogens is 6. The Balaban J connectivity index is 1.74.